The molecular formula is C14H13F2N3O2. The maximum atomic E-state index is 13.7. The highest BCUT2D eigenvalue weighted by molar-refractivity contribution is 5.73. The maximum Gasteiger partial charge on any atom is 0.253 e. The predicted octanol–water partition coefficient (Wildman–Crippen LogP) is 0.470. The molecule has 0 spiro atoms. The number of rotatable bonds is 2. The number of benzene rings is 1. The standard InChI is InChI=1S/C14H13F2N3O2/c15-8-1-2-10(9(16)7-8)18-3-5-19(6-4-18)12-11(17)13(20)14(12)21/h1-2,7H,3-6,17H2. The molecular weight excluding hydrogens is 280 g/mol. The predicted molar refractivity (Wildman–Crippen MR) is 76.6 cm³/mol. The van der Waals surface area contributed by atoms with Gasteiger partial charge in [-0.15, -0.1) is 0 Å². The Hall–Kier alpha value is -2.44. The van der Waals surface area contributed by atoms with Crippen molar-refractivity contribution in [2.75, 3.05) is 41.7 Å². The minimum absolute atomic E-state index is 0.00131. The fourth-order valence-corrected chi connectivity index (χ4v) is 2.62. The summed E-state index contributed by atoms with van der Waals surface area (Å²) in [5.74, 6) is -1.23. The smallest absolute Gasteiger partial charge is 0.253 e. The third-order valence-corrected chi connectivity index (χ3v) is 3.77. The molecule has 0 bridgehead atoms. The summed E-state index contributed by atoms with van der Waals surface area (Å²) >= 11 is 0. The van der Waals surface area contributed by atoms with Gasteiger partial charge in [0.15, 0.2) is 0 Å². The summed E-state index contributed by atoms with van der Waals surface area (Å²) in [4.78, 5) is 26.1. The van der Waals surface area contributed by atoms with Gasteiger partial charge in [-0.3, -0.25) is 9.59 Å². The van der Waals surface area contributed by atoms with E-state index in [4.69, 9.17) is 5.73 Å². The lowest BCUT2D eigenvalue weighted by Crippen LogP contribution is -2.51. The van der Waals surface area contributed by atoms with E-state index in [1.807, 2.05) is 0 Å². The third kappa shape index (κ3) is 2.14. The Balaban J connectivity index is 1.74. The van der Waals surface area contributed by atoms with Crippen molar-refractivity contribution in [3.63, 3.8) is 0 Å². The van der Waals surface area contributed by atoms with Gasteiger partial charge in [0, 0.05) is 32.2 Å². The topological polar surface area (TPSA) is 66.6 Å². The van der Waals surface area contributed by atoms with Crippen LogP contribution in [-0.2, 0) is 0 Å². The molecule has 0 saturated carbocycles. The fraction of sp³-hybridized carbons (Fsp3) is 0.286. The molecule has 1 fully saturated rings. The molecule has 0 aliphatic carbocycles. The Labute approximate surface area is 118 Å². The molecule has 7 heteroatoms. The van der Waals surface area contributed by atoms with Gasteiger partial charge in [-0.25, -0.2) is 8.78 Å². The van der Waals surface area contributed by atoms with E-state index in [9.17, 15) is 18.4 Å². The Morgan fingerprint density at radius 2 is 1.57 bits per heavy atom. The van der Waals surface area contributed by atoms with Crippen LogP contribution in [0.1, 0.15) is 0 Å². The average Bonchev–Trinajstić information content (AvgIpc) is 2.48. The molecule has 1 saturated heterocycles. The molecule has 1 aliphatic rings. The van der Waals surface area contributed by atoms with Gasteiger partial charge >= 0.3 is 0 Å². The van der Waals surface area contributed by atoms with Crippen LogP contribution in [0.5, 0.6) is 0 Å². The van der Waals surface area contributed by atoms with E-state index in [0.29, 0.717) is 31.9 Å². The summed E-state index contributed by atoms with van der Waals surface area (Å²) < 4.78 is 26.6. The largest absolute Gasteiger partial charge is 0.394 e. The number of nitrogen functional groups attached to an aromatic ring is 1. The second-order valence-corrected chi connectivity index (χ2v) is 4.99. The van der Waals surface area contributed by atoms with E-state index in [-0.39, 0.29) is 11.4 Å². The molecule has 110 valence electrons. The van der Waals surface area contributed by atoms with Crippen LogP contribution in [0.4, 0.5) is 25.8 Å². The summed E-state index contributed by atoms with van der Waals surface area (Å²) in [7, 11) is 0. The van der Waals surface area contributed by atoms with Gasteiger partial charge in [0.1, 0.15) is 23.0 Å². The zero-order valence-electron chi connectivity index (χ0n) is 11.1. The van der Waals surface area contributed by atoms with Crippen molar-refractivity contribution in [1.82, 2.24) is 0 Å². The number of anilines is 3. The molecule has 0 amide bonds. The first-order chi connectivity index (χ1) is 9.99. The van der Waals surface area contributed by atoms with Crippen LogP contribution in [0.2, 0.25) is 0 Å². The van der Waals surface area contributed by atoms with E-state index >= 15 is 0 Å². The highest BCUT2D eigenvalue weighted by Gasteiger charge is 2.27. The van der Waals surface area contributed by atoms with Crippen molar-refractivity contribution >= 4 is 17.1 Å². The highest BCUT2D eigenvalue weighted by atomic mass is 19.1. The van der Waals surface area contributed by atoms with Crippen molar-refractivity contribution in [3.05, 3.63) is 50.3 Å². The Morgan fingerprint density at radius 1 is 0.952 bits per heavy atom. The normalized spacial score (nSPS) is 15.7. The molecule has 5 nitrogen and oxygen atoms in total. The molecule has 1 heterocycles. The van der Waals surface area contributed by atoms with Crippen molar-refractivity contribution in [1.29, 1.82) is 0 Å². The van der Waals surface area contributed by atoms with Crippen molar-refractivity contribution < 1.29 is 8.78 Å². The number of piperazine rings is 1. The zero-order chi connectivity index (χ0) is 15.1. The van der Waals surface area contributed by atoms with Gasteiger partial charge in [-0.05, 0) is 12.1 Å². The van der Waals surface area contributed by atoms with E-state index in [0.717, 1.165) is 6.07 Å². The van der Waals surface area contributed by atoms with Gasteiger partial charge in [0.05, 0.1) is 5.69 Å². The fourth-order valence-electron chi connectivity index (χ4n) is 2.62. The Morgan fingerprint density at radius 3 is 2.14 bits per heavy atom. The minimum atomic E-state index is -0.642. The first-order valence-electron chi connectivity index (χ1n) is 6.53. The van der Waals surface area contributed by atoms with Gasteiger partial charge in [-0.2, -0.15) is 0 Å². The number of nitrogens with zero attached hydrogens (tertiary/aromatic N) is 2. The molecule has 21 heavy (non-hydrogen) atoms. The highest BCUT2D eigenvalue weighted by Crippen LogP contribution is 2.24. The molecule has 1 aliphatic heterocycles. The quantitative estimate of drug-likeness (QED) is 0.815. The Bertz CT molecular complexity index is 760. The van der Waals surface area contributed by atoms with Crippen LogP contribution in [-0.4, -0.2) is 26.2 Å². The molecule has 2 aromatic rings. The SMILES string of the molecule is Nc1c(N2CCN(c3ccc(F)cc3F)CC2)c(=O)c1=O. The monoisotopic (exact) mass is 293 g/mol. The van der Waals surface area contributed by atoms with Gasteiger partial charge in [0.25, 0.3) is 10.9 Å². The molecule has 0 unspecified atom stereocenters. The van der Waals surface area contributed by atoms with Gasteiger partial charge < -0.3 is 15.5 Å². The average molecular weight is 293 g/mol. The van der Waals surface area contributed by atoms with E-state index in [1.54, 1.807) is 9.80 Å². The summed E-state index contributed by atoms with van der Waals surface area (Å²) in [6.45, 7) is 1.82. The molecule has 0 radical (unpaired) electrons. The summed E-state index contributed by atoms with van der Waals surface area (Å²) in [5.41, 5.74) is 4.92. The van der Waals surface area contributed by atoms with E-state index in [2.05, 4.69) is 0 Å². The van der Waals surface area contributed by atoms with Gasteiger partial charge in [-0.1, -0.05) is 0 Å². The molecule has 2 aromatic carbocycles. The third-order valence-electron chi connectivity index (χ3n) is 3.77. The van der Waals surface area contributed by atoms with Crippen molar-refractivity contribution in [2.45, 2.75) is 0 Å². The van der Waals surface area contributed by atoms with Crippen LogP contribution in [0.3, 0.4) is 0 Å². The number of hydrogen-bond donors (Lipinski definition) is 1. The van der Waals surface area contributed by atoms with Gasteiger partial charge in [0.2, 0.25) is 0 Å². The molecule has 2 N–H and O–H groups in total. The van der Waals surface area contributed by atoms with Crippen LogP contribution in [0.15, 0.2) is 27.8 Å². The number of halogens is 2. The Kier molecular flexibility index (Phi) is 3.12. The van der Waals surface area contributed by atoms with Crippen LogP contribution < -0.4 is 26.4 Å². The lowest BCUT2D eigenvalue weighted by molar-refractivity contribution is 0.570. The summed E-state index contributed by atoms with van der Waals surface area (Å²) in [6.07, 6.45) is 0. The minimum Gasteiger partial charge on any atom is -0.394 e. The number of hydrogen-bond acceptors (Lipinski definition) is 5. The second-order valence-electron chi connectivity index (χ2n) is 4.99. The van der Waals surface area contributed by atoms with Crippen LogP contribution in [0.25, 0.3) is 0 Å². The lowest BCUT2D eigenvalue weighted by atomic mass is 10.1. The summed E-state index contributed by atoms with van der Waals surface area (Å²) in [6, 6.07) is 3.45. The van der Waals surface area contributed by atoms with Crippen molar-refractivity contribution in [2.24, 2.45) is 0 Å². The van der Waals surface area contributed by atoms with E-state index in [1.165, 1.54) is 12.1 Å². The van der Waals surface area contributed by atoms with E-state index < -0.39 is 22.5 Å². The molecule has 0 atom stereocenters. The maximum absolute atomic E-state index is 13.7. The van der Waals surface area contributed by atoms with Crippen molar-refractivity contribution in [3.8, 4) is 0 Å². The second kappa shape index (κ2) is 4.83. The first-order valence-corrected chi connectivity index (χ1v) is 6.53. The summed E-state index contributed by atoms with van der Waals surface area (Å²) in [5, 5.41) is 0. The zero-order valence-corrected chi connectivity index (χ0v) is 11.1. The first kappa shape index (κ1) is 13.5. The van der Waals surface area contributed by atoms with Crippen LogP contribution >= 0.6 is 0 Å². The number of nitrogens with two attached hydrogens (primary N) is 1. The molecule has 0 aromatic heterocycles. The molecule has 3 rings (SSSR count). The van der Waals surface area contributed by atoms with Crippen LogP contribution in [0, 0.1) is 11.6 Å². The lowest BCUT2D eigenvalue weighted by Gasteiger charge is -2.37.